The Morgan fingerprint density at radius 3 is 1.89 bits per heavy atom. The van der Waals surface area contributed by atoms with Crippen molar-refractivity contribution in [1.29, 1.82) is 0 Å². The fourth-order valence-electron chi connectivity index (χ4n) is 0.544. The summed E-state index contributed by atoms with van der Waals surface area (Å²) >= 11 is 0. The molecule has 0 aromatic carbocycles. The van der Waals surface area contributed by atoms with Gasteiger partial charge in [-0.2, -0.15) is 0 Å². The highest BCUT2D eigenvalue weighted by Gasteiger charge is 2.23. The molecule has 0 saturated heterocycles. The third-order valence-corrected chi connectivity index (χ3v) is 1.74. The molecule has 0 aromatic heterocycles. The van der Waals surface area contributed by atoms with Gasteiger partial charge in [-0.3, -0.25) is 0 Å². The largest absolute Gasteiger partial charge is 0.457 e. The van der Waals surface area contributed by atoms with E-state index in [4.69, 9.17) is 9.68 Å². The van der Waals surface area contributed by atoms with Crippen LogP contribution in [0.25, 0.3) is 0 Å². The van der Waals surface area contributed by atoms with Crippen LogP contribution >= 0.6 is 0 Å². The maximum absolute atomic E-state index is 9.07. The number of hydrogen-bond acceptors (Lipinski definition) is 2. The average Bonchev–Trinajstić information content (AvgIpc) is 1.84. The van der Waals surface area contributed by atoms with Gasteiger partial charge in [0.25, 0.3) is 0 Å². The van der Waals surface area contributed by atoms with Crippen LogP contribution in [-0.2, 0) is 4.65 Å². The van der Waals surface area contributed by atoms with E-state index in [1.807, 2.05) is 6.92 Å². The Kier molecular flexibility index (Phi) is 3.90. The minimum Gasteiger partial charge on any atom is -0.427 e. The standard InChI is InChI=1S/C6H15BO2/c1-5(2)6(3)7(8)9-4/h5-6,8H,1-4H3/t6-/m0/s1. The van der Waals surface area contributed by atoms with Crippen LogP contribution in [-0.4, -0.2) is 19.3 Å². The Morgan fingerprint density at radius 2 is 1.78 bits per heavy atom. The number of rotatable bonds is 3. The smallest absolute Gasteiger partial charge is 0.427 e. The van der Waals surface area contributed by atoms with Crippen molar-refractivity contribution < 1.29 is 9.68 Å². The lowest BCUT2D eigenvalue weighted by Gasteiger charge is -2.15. The summed E-state index contributed by atoms with van der Waals surface area (Å²) < 4.78 is 4.73. The fourth-order valence-corrected chi connectivity index (χ4v) is 0.544. The topological polar surface area (TPSA) is 29.5 Å². The van der Waals surface area contributed by atoms with Gasteiger partial charge in [0, 0.05) is 7.11 Å². The minimum absolute atomic E-state index is 0.218. The quantitative estimate of drug-likeness (QED) is 0.580. The summed E-state index contributed by atoms with van der Waals surface area (Å²) in [5, 5.41) is 9.07. The molecule has 0 bridgehead atoms. The Bertz CT molecular complexity index is 75.5. The van der Waals surface area contributed by atoms with E-state index in [2.05, 4.69) is 13.8 Å². The molecule has 3 heteroatoms. The van der Waals surface area contributed by atoms with Crippen LogP contribution in [0.2, 0.25) is 5.82 Å². The van der Waals surface area contributed by atoms with Gasteiger partial charge in [-0.1, -0.05) is 20.8 Å². The second-order valence-electron chi connectivity index (χ2n) is 2.73. The molecule has 0 aliphatic carbocycles. The Morgan fingerprint density at radius 1 is 1.33 bits per heavy atom. The van der Waals surface area contributed by atoms with Crippen LogP contribution in [0.4, 0.5) is 0 Å². The van der Waals surface area contributed by atoms with E-state index in [1.165, 1.54) is 7.11 Å². The molecule has 0 heterocycles. The lowest BCUT2D eigenvalue weighted by molar-refractivity contribution is 0.301. The minimum atomic E-state index is -0.606. The van der Waals surface area contributed by atoms with E-state index in [0.29, 0.717) is 5.92 Å². The third kappa shape index (κ3) is 2.87. The van der Waals surface area contributed by atoms with Crippen molar-refractivity contribution in [3.8, 4) is 0 Å². The van der Waals surface area contributed by atoms with Gasteiger partial charge in [0.1, 0.15) is 0 Å². The maximum atomic E-state index is 9.07. The molecular formula is C6H15BO2. The normalized spacial score (nSPS) is 14.0. The van der Waals surface area contributed by atoms with Crippen molar-refractivity contribution in [3.05, 3.63) is 0 Å². The van der Waals surface area contributed by atoms with Crippen molar-refractivity contribution in [1.82, 2.24) is 0 Å². The van der Waals surface area contributed by atoms with E-state index in [-0.39, 0.29) is 5.82 Å². The van der Waals surface area contributed by atoms with Gasteiger partial charge < -0.3 is 9.68 Å². The molecule has 0 radical (unpaired) electrons. The molecule has 0 amide bonds. The maximum Gasteiger partial charge on any atom is 0.457 e. The van der Waals surface area contributed by atoms with Crippen molar-refractivity contribution in [2.45, 2.75) is 26.6 Å². The molecule has 1 N–H and O–H groups in total. The summed E-state index contributed by atoms with van der Waals surface area (Å²) in [7, 11) is 0.911. The first kappa shape index (κ1) is 8.98. The van der Waals surface area contributed by atoms with E-state index < -0.39 is 7.12 Å². The van der Waals surface area contributed by atoms with E-state index >= 15 is 0 Å². The van der Waals surface area contributed by atoms with Gasteiger partial charge in [-0.25, -0.2) is 0 Å². The number of hydrogen-bond donors (Lipinski definition) is 1. The lowest BCUT2D eigenvalue weighted by Crippen LogP contribution is -2.24. The molecular weight excluding hydrogens is 115 g/mol. The molecule has 1 atom stereocenters. The molecule has 0 saturated carbocycles. The molecule has 0 aliphatic heterocycles. The monoisotopic (exact) mass is 130 g/mol. The van der Waals surface area contributed by atoms with Gasteiger partial charge in [0.05, 0.1) is 0 Å². The summed E-state index contributed by atoms with van der Waals surface area (Å²) in [6.07, 6.45) is 0. The van der Waals surface area contributed by atoms with Gasteiger partial charge >= 0.3 is 7.12 Å². The predicted molar refractivity (Wildman–Crippen MR) is 39.2 cm³/mol. The van der Waals surface area contributed by atoms with Crippen molar-refractivity contribution >= 4 is 7.12 Å². The van der Waals surface area contributed by atoms with Gasteiger partial charge in [-0.15, -0.1) is 0 Å². The molecule has 0 rings (SSSR count). The first-order chi connectivity index (χ1) is 4.09. The first-order valence-corrected chi connectivity index (χ1v) is 3.30. The zero-order chi connectivity index (χ0) is 7.44. The third-order valence-electron chi connectivity index (χ3n) is 1.74. The molecule has 0 aromatic rings. The highest BCUT2D eigenvalue weighted by molar-refractivity contribution is 6.44. The molecule has 9 heavy (non-hydrogen) atoms. The van der Waals surface area contributed by atoms with E-state index in [1.54, 1.807) is 0 Å². The van der Waals surface area contributed by atoms with Crippen LogP contribution in [0.3, 0.4) is 0 Å². The van der Waals surface area contributed by atoms with Crippen LogP contribution in [0.5, 0.6) is 0 Å². The summed E-state index contributed by atoms with van der Waals surface area (Å²) in [4.78, 5) is 0. The van der Waals surface area contributed by atoms with Gasteiger partial charge in [-0.05, 0) is 11.7 Å². The molecule has 0 unspecified atom stereocenters. The van der Waals surface area contributed by atoms with Gasteiger partial charge in [0.2, 0.25) is 0 Å². The summed E-state index contributed by atoms with van der Waals surface area (Å²) in [6, 6.07) is 0. The first-order valence-electron chi connectivity index (χ1n) is 3.30. The lowest BCUT2D eigenvalue weighted by atomic mass is 9.67. The average molecular weight is 130 g/mol. The fraction of sp³-hybridized carbons (Fsp3) is 1.00. The van der Waals surface area contributed by atoms with E-state index in [0.717, 1.165) is 0 Å². The Labute approximate surface area is 57.4 Å². The van der Waals surface area contributed by atoms with Crippen molar-refractivity contribution in [2.24, 2.45) is 5.92 Å². The molecule has 0 aliphatic rings. The highest BCUT2D eigenvalue weighted by atomic mass is 16.5. The second-order valence-corrected chi connectivity index (χ2v) is 2.73. The molecule has 54 valence electrons. The van der Waals surface area contributed by atoms with Gasteiger partial charge in [0.15, 0.2) is 0 Å². The second kappa shape index (κ2) is 3.91. The van der Waals surface area contributed by atoms with Crippen LogP contribution in [0.15, 0.2) is 0 Å². The van der Waals surface area contributed by atoms with Crippen LogP contribution in [0.1, 0.15) is 20.8 Å². The Balaban J connectivity index is 3.58. The zero-order valence-corrected chi connectivity index (χ0v) is 6.59. The molecule has 2 nitrogen and oxygen atoms in total. The Hall–Kier alpha value is -0.0151. The molecule has 0 spiro atoms. The highest BCUT2D eigenvalue weighted by Crippen LogP contribution is 2.18. The summed E-state index contributed by atoms with van der Waals surface area (Å²) in [5.74, 6) is 0.690. The summed E-state index contributed by atoms with van der Waals surface area (Å²) in [5.41, 5.74) is 0. The zero-order valence-electron chi connectivity index (χ0n) is 6.59. The summed E-state index contributed by atoms with van der Waals surface area (Å²) in [6.45, 7) is 6.10. The molecule has 0 fully saturated rings. The van der Waals surface area contributed by atoms with Crippen molar-refractivity contribution in [2.75, 3.05) is 7.11 Å². The van der Waals surface area contributed by atoms with E-state index in [9.17, 15) is 0 Å². The van der Waals surface area contributed by atoms with Crippen LogP contribution < -0.4 is 0 Å². The van der Waals surface area contributed by atoms with Crippen LogP contribution in [0, 0.1) is 5.92 Å². The predicted octanol–water partition coefficient (Wildman–Crippen LogP) is 1.16. The SMILES string of the molecule is COB(O)[C@@H](C)C(C)C. The van der Waals surface area contributed by atoms with Crippen molar-refractivity contribution in [3.63, 3.8) is 0 Å².